The lowest BCUT2D eigenvalue weighted by molar-refractivity contribution is -0.144. The molecule has 3 rings (SSSR count). The number of fused-ring (bicyclic) bond motifs is 1. The number of benzene rings is 1. The second-order valence-corrected chi connectivity index (χ2v) is 5.71. The van der Waals surface area contributed by atoms with Crippen LogP contribution in [0.15, 0.2) is 39.5 Å². The van der Waals surface area contributed by atoms with E-state index in [1.54, 1.807) is 6.07 Å². The zero-order valence-corrected chi connectivity index (χ0v) is 12.2. The minimum atomic E-state index is -0.840. The van der Waals surface area contributed by atoms with Gasteiger partial charge in [-0.3, -0.25) is 9.69 Å². The monoisotopic (exact) mass is 336 g/mol. The first-order chi connectivity index (χ1) is 9.65. The third-order valence-electron chi connectivity index (χ3n) is 3.53. The van der Waals surface area contributed by atoms with Gasteiger partial charge in [0.15, 0.2) is 0 Å². The molecule has 0 radical (unpaired) electrons. The lowest BCUT2D eigenvalue weighted by atomic mass is 9.92. The van der Waals surface area contributed by atoms with Crippen molar-refractivity contribution in [3.63, 3.8) is 0 Å². The van der Waals surface area contributed by atoms with Gasteiger partial charge < -0.3 is 9.63 Å². The Morgan fingerprint density at radius 1 is 1.50 bits per heavy atom. The van der Waals surface area contributed by atoms with Crippen LogP contribution in [-0.2, 0) is 17.8 Å². The first kappa shape index (κ1) is 13.3. The van der Waals surface area contributed by atoms with E-state index < -0.39 is 12.0 Å². The summed E-state index contributed by atoms with van der Waals surface area (Å²) in [6.45, 7) is 1.16. The maximum absolute atomic E-state index is 11.7. The zero-order valence-electron chi connectivity index (χ0n) is 10.6. The van der Waals surface area contributed by atoms with E-state index in [4.69, 9.17) is 4.52 Å². The Morgan fingerprint density at radius 3 is 3.05 bits per heavy atom. The van der Waals surface area contributed by atoms with Crippen molar-refractivity contribution in [1.82, 2.24) is 10.1 Å². The molecule has 0 amide bonds. The highest BCUT2D eigenvalue weighted by atomic mass is 79.9. The number of nitrogens with zero attached hydrogens (tertiary/aromatic N) is 2. The van der Waals surface area contributed by atoms with Crippen LogP contribution in [0.5, 0.6) is 0 Å². The van der Waals surface area contributed by atoms with Crippen LogP contribution in [0, 0.1) is 0 Å². The number of halogens is 1. The van der Waals surface area contributed by atoms with Crippen molar-refractivity contribution in [2.75, 3.05) is 6.54 Å². The molecule has 0 saturated carbocycles. The predicted octanol–water partition coefficient (Wildman–Crippen LogP) is 2.62. The number of carbonyl (C=O) groups is 1. The summed E-state index contributed by atoms with van der Waals surface area (Å²) in [6.07, 6.45) is 2.34. The highest BCUT2D eigenvalue weighted by Gasteiger charge is 2.33. The molecule has 20 heavy (non-hydrogen) atoms. The quantitative estimate of drug-likeness (QED) is 0.933. The van der Waals surface area contributed by atoms with Crippen LogP contribution < -0.4 is 0 Å². The Morgan fingerprint density at radius 2 is 2.35 bits per heavy atom. The van der Waals surface area contributed by atoms with Crippen LogP contribution >= 0.6 is 15.9 Å². The molecule has 2 aromatic rings. The van der Waals surface area contributed by atoms with Crippen LogP contribution in [-0.4, -0.2) is 27.7 Å². The maximum Gasteiger partial charge on any atom is 0.325 e. The lowest BCUT2D eigenvalue weighted by Crippen LogP contribution is -2.39. The number of hydrogen-bond acceptors (Lipinski definition) is 4. The number of rotatable bonds is 3. The SMILES string of the molecule is O=C(O)C1c2cc(Br)ccc2CCN1Cc1ccon1. The molecule has 1 aromatic heterocycles. The summed E-state index contributed by atoms with van der Waals surface area (Å²) in [4.78, 5) is 13.6. The molecule has 0 fully saturated rings. The average Bonchev–Trinajstić information content (AvgIpc) is 2.90. The molecule has 1 aliphatic rings. The van der Waals surface area contributed by atoms with Crippen molar-refractivity contribution in [1.29, 1.82) is 0 Å². The molecule has 1 unspecified atom stereocenters. The van der Waals surface area contributed by atoms with Crippen LogP contribution in [0.2, 0.25) is 0 Å². The summed E-state index contributed by atoms with van der Waals surface area (Å²) in [6, 6.07) is 6.94. The summed E-state index contributed by atoms with van der Waals surface area (Å²) < 4.78 is 5.70. The van der Waals surface area contributed by atoms with E-state index in [1.807, 2.05) is 23.1 Å². The van der Waals surface area contributed by atoms with Crippen LogP contribution in [0.3, 0.4) is 0 Å². The summed E-state index contributed by atoms with van der Waals surface area (Å²) in [5, 5.41) is 13.4. The van der Waals surface area contributed by atoms with Crippen LogP contribution in [0.25, 0.3) is 0 Å². The van der Waals surface area contributed by atoms with Gasteiger partial charge >= 0.3 is 5.97 Å². The highest BCUT2D eigenvalue weighted by Crippen LogP contribution is 2.33. The molecule has 1 aliphatic heterocycles. The minimum absolute atomic E-state index is 0.472. The molecule has 0 saturated heterocycles. The fourth-order valence-corrected chi connectivity index (χ4v) is 3.00. The Balaban J connectivity index is 1.95. The smallest absolute Gasteiger partial charge is 0.325 e. The highest BCUT2D eigenvalue weighted by molar-refractivity contribution is 9.10. The van der Waals surface area contributed by atoms with Gasteiger partial charge in [-0.25, -0.2) is 0 Å². The molecule has 1 aromatic carbocycles. The van der Waals surface area contributed by atoms with Gasteiger partial charge in [0, 0.05) is 23.6 Å². The second kappa shape index (κ2) is 5.38. The zero-order chi connectivity index (χ0) is 14.1. The van der Waals surface area contributed by atoms with Crippen molar-refractivity contribution in [2.24, 2.45) is 0 Å². The van der Waals surface area contributed by atoms with Gasteiger partial charge in [-0.1, -0.05) is 27.2 Å². The van der Waals surface area contributed by atoms with Crippen molar-refractivity contribution < 1.29 is 14.4 Å². The summed E-state index contributed by atoms with van der Waals surface area (Å²) in [5.41, 5.74) is 2.69. The Kier molecular flexibility index (Phi) is 3.58. The number of hydrogen-bond donors (Lipinski definition) is 1. The number of carboxylic acid groups (broad SMARTS) is 1. The van der Waals surface area contributed by atoms with Gasteiger partial charge in [-0.05, 0) is 29.7 Å². The Bertz CT molecular complexity index is 627. The molecular weight excluding hydrogens is 324 g/mol. The van der Waals surface area contributed by atoms with Crippen molar-refractivity contribution in [3.05, 3.63) is 51.8 Å². The molecular formula is C14H13BrN2O3. The molecule has 0 aliphatic carbocycles. The summed E-state index contributed by atoms with van der Waals surface area (Å²) >= 11 is 3.41. The summed E-state index contributed by atoms with van der Waals surface area (Å²) in [5.74, 6) is -0.840. The normalized spacial score (nSPS) is 18.8. The number of carboxylic acids is 1. The van der Waals surface area contributed by atoms with Crippen molar-refractivity contribution in [2.45, 2.75) is 19.0 Å². The molecule has 5 nitrogen and oxygen atoms in total. The Hall–Kier alpha value is -1.66. The van der Waals surface area contributed by atoms with Gasteiger partial charge in [-0.2, -0.15) is 0 Å². The third kappa shape index (κ3) is 2.48. The number of aliphatic carboxylic acids is 1. The van der Waals surface area contributed by atoms with Gasteiger partial charge in [0.05, 0.1) is 5.69 Å². The first-order valence-electron chi connectivity index (χ1n) is 6.29. The summed E-state index contributed by atoms with van der Waals surface area (Å²) in [7, 11) is 0. The fraction of sp³-hybridized carbons (Fsp3) is 0.286. The topological polar surface area (TPSA) is 66.6 Å². The first-order valence-corrected chi connectivity index (χ1v) is 7.09. The molecule has 0 spiro atoms. The molecule has 104 valence electrons. The predicted molar refractivity (Wildman–Crippen MR) is 75.1 cm³/mol. The molecule has 6 heteroatoms. The molecule has 1 atom stereocenters. The average molecular weight is 337 g/mol. The van der Waals surface area contributed by atoms with E-state index in [-0.39, 0.29) is 0 Å². The van der Waals surface area contributed by atoms with Crippen LogP contribution in [0.1, 0.15) is 22.9 Å². The standard InChI is InChI=1S/C14H13BrN2O3/c15-10-2-1-9-3-5-17(8-11-4-6-20-16-11)13(14(18)19)12(9)7-10/h1-2,4,6-7,13H,3,5,8H2,(H,18,19). The van der Waals surface area contributed by atoms with E-state index in [9.17, 15) is 9.90 Å². The van der Waals surface area contributed by atoms with E-state index in [1.165, 1.54) is 6.26 Å². The lowest BCUT2D eigenvalue weighted by Gasteiger charge is -2.34. The van der Waals surface area contributed by atoms with E-state index in [2.05, 4.69) is 21.1 Å². The van der Waals surface area contributed by atoms with Gasteiger partial charge in [0.1, 0.15) is 12.3 Å². The van der Waals surface area contributed by atoms with E-state index >= 15 is 0 Å². The van der Waals surface area contributed by atoms with E-state index in [0.29, 0.717) is 13.1 Å². The second-order valence-electron chi connectivity index (χ2n) is 4.80. The van der Waals surface area contributed by atoms with Crippen molar-refractivity contribution in [3.8, 4) is 0 Å². The molecule has 0 bridgehead atoms. The molecule has 1 N–H and O–H groups in total. The third-order valence-corrected chi connectivity index (χ3v) is 4.02. The maximum atomic E-state index is 11.7. The van der Waals surface area contributed by atoms with E-state index in [0.717, 1.165) is 27.7 Å². The molecule has 2 heterocycles. The minimum Gasteiger partial charge on any atom is -0.480 e. The van der Waals surface area contributed by atoms with Gasteiger partial charge in [0.2, 0.25) is 0 Å². The largest absolute Gasteiger partial charge is 0.480 e. The van der Waals surface area contributed by atoms with Gasteiger partial charge in [0.25, 0.3) is 0 Å². The van der Waals surface area contributed by atoms with Crippen LogP contribution in [0.4, 0.5) is 0 Å². The van der Waals surface area contributed by atoms with Gasteiger partial charge in [-0.15, -0.1) is 0 Å². The van der Waals surface area contributed by atoms with Crippen molar-refractivity contribution >= 4 is 21.9 Å². The Labute approximate surface area is 124 Å². The number of aromatic nitrogens is 1. The fourth-order valence-electron chi connectivity index (χ4n) is 2.62.